The van der Waals surface area contributed by atoms with Crippen molar-refractivity contribution in [2.75, 3.05) is 41.0 Å². The molecule has 4 aliphatic rings. The molecule has 4 aliphatic carbocycles. The van der Waals surface area contributed by atoms with Gasteiger partial charge in [-0.15, -0.1) is 0 Å². The minimum absolute atomic E-state index is 0.0916. The van der Waals surface area contributed by atoms with Crippen molar-refractivity contribution in [3.05, 3.63) is 52.6 Å². The number of Topliss-reactive ketones (excluding diaryl/α,β-unsaturated/α-hetero) is 1. The molecule has 0 aromatic heterocycles. The van der Waals surface area contributed by atoms with E-state index in [-0.39, 0.29) is 29.3 Å². The standard InChI is InChI=1S/C31H41NO5/c1-30-19-25(20-5-8-22(9-6-20)37-16-14-32(2)3)29-23(26(30)11-12-31(30,35)13-15-36-4)10-7-21-17-27(33)28(34)18-24(21)29/h5-6,8-9,17,23,25-26,35H,7,10-16,18-19H2,1-4H3/t23-,25+,26-,30-,31-/m0/s1. The monoisotopic (exact) mass is 507 g/mol. The van der Waals surface area contributed by atoms with Crippen LogP contribution in [-0.2, 0) is 14.3 Å². The van der Waals surface area contributed by atoms with Gasteiger partial charge < -0.3 is 19.5 Å². The number of hydrogen-bond acceptors (Lipinski definition) is 6. The van der Waals surface area contributed by atoms with E-state index in [4.69, 9.17) is 9.47 Å². The van der Waals surface area contributed by atoms with Gasteiger partial charge in [-0.1, -0.05) is 24.6 Å². The van der Waals surface area contributed by atoms with Crippen LogP contribution in [0.1, 0.15) is 63.4 Å². The molecule has 0 saturated heterocycles. The third-order valence-corrected chi connectivity index (χ3v) is 9.83. The molecule has 0 aliphatic heterocycles. The summed E-state index contributed by atoms with van der Waals surface area (Å²) in [6.45, 7) is 4.31. The van der Waals surface area contributed by atoms with Crippen LogP contribution in [0.5, 0.6) is 5.75 Å². The molecule has 37 heavy (non-hydrogen) atoms. The van der Waals surface area contributed by atoms with Gasteiger partial charge in [0.2, 0.25) is 11.6 Å². The molecular weight excluding hydrogens is 466 g/mol. The van der Waals surface area contributed by atoms with Crippen LogP contribution in [0.15, 0.2) is 47.1 Å². The fourth-order valence-electron chi connectivity index (χ4n) is 7.76. The maximum absolute atomic E-state index is 12.6. The van der Waals surface area contributed by atoms with Gasteiger partial charge in [0.25, 0.3) is 0 Å². The Morgan fingerprint density at radius 1 is 1.11 bits per heavy atom. The number of fused-ring (bicyclic) bond motifs is 4. The second-order valence-corrected chi connectivity index (χ2v) is 12.0. The van der Waals surface area contributed by atoms with Gasteiger partial charge in [-0.2, -0.15) is 0 Å². The van der Waals surface area contributed by atoms with E-state index in [1.54, 1.807) is 13.2 Å². The summed E-state index contributed by atoms with van der Waals surface area (Å²) in [7, 11) is 5.76. The van der Waals surface area contributed by atoms with Crippen molar-refractivity contribution in [2.24, 2.45) is 17.3 Å². The normalized spacial score (nSPS) is 33.2. The summed E-state index contributed by atoms with van der Waals surface area (Å²) in [5.74, 6) is 0.949. The summed E-state index contributed by atoms with van der Waals surface area (Å²) in [6.07, 6.45) is 6.84. The molecule has 0 amide bonds. The molecule has 6 heteroatoms. The van der Waals surface area contributed by atoms with Crippen LogP contribution in [0.2, 0.25) is 0 Å². The second kappa shape index (κ2) is 10.1. The van der Waals surface area contributed by atoms with Crippen molar-refractivity contribution in [1.82, 2.24) is 4.90 Å². The van der Waals surface area contributed by atoms with Crippen LogP contribution in [0.3, 0.4) is 0 Å². The first-order valence-electron chi connectivity index (χ1n) is 13.8. The van der Waals surface area contributed by atoms with E-state index in [2.05, 4.69) is 24.0 Å². The Kier molecular flexibility index (Phi) is 7.20. The molecule has 0 unspecified atom stereocenters. The molecule has 5 rings (SSSR count). The van der Waals surface area contributed by atoms with Gasteiger partial charge in [-0.3, -0.25) is 9.59 Å². The highest BCUT2D eigenvalue weighted by atomic mass is 16.5. The fraction of sp³-hybridized carbons (Fsp3) is 0.613. The zero-order chi connectivity index (χ0) is 26.4. The van der Waals surface area contributed by atoms with Crippen molar-refractivity contribution < 1.29 is 24.2 Å². The van der Waals surface area contributed by atoms with Crippen molar-refractivity contribution in [3.63, 3.8) is 0 Å². The van der Waals surface area contributed by atoms with Crippen molar-refractivity contribution in [3.8, 4) is 5.75 Å². The topological polar surface area (TPSA) is 76.1 Å². The van der Waals surface area contributed by atoms with Gasteiger partial charge in [0.05, 0.1) is 5.60 Å². The summed E-state index contributed by atoms with van der Waals surface area (Å²) in [4.78, 5) is 26.9. The first-order chi connectivity index (χ1) is 17.7. The fourth-order valence-corrected chi connectivity index (χ4v) is 7.76. The lowest BCUT2D eigenvalue weighted by Crippen LogP contribution is -2.52. The Balaban J connectivity index is 1.55. The second-order valence-electron chi connectivity index (χ2n) is 12.0. The zero-order valence-electron chi connectivity index (χ0n) is 22.7. The molecule has 0 heterocycles. The predicted molar refractivity (Wildman–Crippen MR) is 143 cm³/mol. The van der Waals surface area contributed by atoms with E-state index in [0.717, 1.165) is 55.5 Å². The lowest BCUT2D eigenvalue weighted by atomic mass is 9.51. The van der Waals surface area contributed by atoms with E-state index in [9.17, 15) is 14.7 Å². The molecular formula is C31H41NO5. The van der Waals surface area contributed by atoms with Crippen molar-refractivity contribution in [2.45, 2.75) is 63.4 Å². The highest BCUT2D eigenvalue weighted by Crippen LogP contribution is 2.67. The smallest absolute Gasteiger partial charge is 0.222 e. The largest absolute Gasteiger partial charge is 0.492 e. The average Bonchev–Trinajstić information content (AvgIpc) is 3.13. The van der Waals surface area contributed by atoms with E-state index >= 15 is 0 Å². The molecule has 2 fully saturated rings. The number of benzene rings is 1. The number of allylic oxidation sites excluding steroid dienone is 4. The maximum atomic E-state index is 12.6. The Morgan fingerprint density at radius 3 is 2.57 bits per heavy atom. The molecule has 0 bridgehead atoms. The van der Waals surface area contributed by atoms with E-state index in [0.29, 0.717) is 31.5 Å². The minimum Gasteiger partial charge on any atom is -0.492 e. The van der Waals surface area contributed by atoms with Crippen LogP contribution in [-0.4, -0.2) is 68.1 Å². The third-order valence-electron chi connectivity index (χ3n) is 9.83. The molecule has 0 radical (unpaired) electrons. The first-order valence-corrected chi connectivity index (χ1v) is 13.8. The Morgan fingerprint density at radius 2 is 1.86 bits per heavy atom. The average molecular weight is 508 g/mol. The Hall–Kier alpha value is -2.28. The van der Waals surface area contributed by atoms with Crippen molar-refractivity contribution >= 4 is 11.6 Å². The molecule has 1 aromatic rings. The van der Waals surface area contributed by atoms with Crippen LogP contribution in [0.25, 0.3) is 0 Å². The third kappa shape index (κ3) is 4.62. The zero-order valence-corrected chi connectivity index (χ0v) is 22.7. The molecule has 0 spiro atoms. The summed E-state index contributed by atoms with van der Waals surface area (Å²) >= 11 is 0. The van der Waals surface area contributed by atoms with Gasteiger partial charge in [-0.25, -0.2) is 0 Å². The van der Waals surface area contributed by atoms with Crippen LogP contribution in [0, 0.1) is 17.3 Å². The summed E-state index contributed by atoms with van der Waals surface area (Å²) in [5.41, 5.74) is 3.68. The number of carbonyl (C=O) groups excluding carboxylic acids is 2. The van der Waals surface area contributed by atoms with Crippen molar-refractivity contribution in [1.29, 1.82) is 0 Å². The van der Waals surface area contributed by atoms with Crippen LogP contribution in [0.4, 0.5) is 0 Å². The lowest BCUT2D eigenvalue weighted by molar-refractivity contribution is -0.133. The minimum atomic E-state index is -0.772. The number of aliphatic hydroxyl groups is 1. The summed E-state index contributed by atoms with van der Waals surface area (Å²) in [6, 6.07) is 8.39. The number of ether oxygens (including phenoxy) is 2. The number of methoxy groups -OCH3 is 1. The number of rotatable bonds is 8. The Labute approximate surface area is 220 Å². The molecule has 200 valence electrons. The molecule has 1 aromatic carbocycles. The molecule has 6 nitrogen and oxygen atoms in total. The highest BCUT2D eigenvalue weighted by Gasteiger charge is 2.62. The number of hydrogen-bond donors (Lipinski definition) is 1. The van der Waals surface area contributed by atoms with Gasteiger partial charge >= 0.3 is 0 Å². The van der Waals surface area contributed by atoms with E-state index < -0.39 is 5.60 Å². The number of carbonyl (C=O) groups is 2. The van der Waals surface area contributed by atoms with Gasteiger partial charge in [0, 0.05) is 44.4 Å². The van der Waals surface area contributed by atoms with Gasteiger partial charge in [0.1, 0.15) is 12.4 Å². The summed E-state index contributed by atoms with van der Waals surface area (Å²) in [5, 5.41) is 12.0. The summed E-state index contributed by atoms with van der Waals surface area (Å²) < 4.78 is 11.3. The molecule has 2 saturated carbocycles. The first kappa shape index (κ1) is 26.3. The number of likely N-dealkylation sites (N-methyl/N-ethyl adjacent to an activating group) is 1. The Bertz CT molecular complexity index is 1120. The van der Waals surface area contributed by atoms with Crippen LogP contribution < -0.4 is 4.74 Å². The van der Waals surface area contributed by atoms with E-state index in [1.807, 2.05) is 26.2 Å². The maximum Gasteiger partial charge on any atom is 0.222 e. The lowest BCUT2D eigenvalue weighted by Gasteiger charge is -2.55. The van der Waals surface area contributed by atoms with E-state index in [1.165, 1.54) is 11.1 Å². The highest BCUT2D eigenvalue weighted by molar-refractivity contribution is 6.43. The molecule has 1 N–H and O–H groups in total. The SMILES string of the molecule is COCC[C@@]1(O)CC[C@H]2[C@@H]3CCC4=CC(=O)C(=O)CC4=C3[C@@H](c3ccc(OCCN(C)C)cc3)C[C@@]21C. The number of ketones is 2. The molecule has 5 atom stereocenters. The quantitative estimate of drug-likeness (QED) is 0.523. The van der Waals surface area contributed by atoms with Gasteiger partial charge in [-0.05, 0) is 93.0 Å². The van der Waals surface area contributed by atoms with Gasteiger partial charge in [0.15, 0.2) is 0 Å². The van der Waals surface area contributed by atoms with Crippen LogP contribution >= 0.6 is 0 Å². The number of nitrogens with zero attached hydrogens (tertiary/aromatic N) is 1. The predicted octanol–water partition coefficient (Wildman–Crippen LogP) is 4.47.